The summed E-state index contributed by atoms with van der Waals surface area (Å²) in [5.74, 6) is 0.716. The molecule has 8 aromatic rings. The third-order valence-electron chi connectivity index (χ3n) is 7.74. The molecule has 0 unspecified atom stereocenters. The van der Waals surface area contributed by atoms with Gasteiger partial charge in [0.2, 0.25) is 0 Å². The summed E-state index contributed by atoms with van der Waals surface area (Å²) >= 11 is 0.131. The van der Waals surface area contributed by atoms with Crippen molar-refractivity contribution in [2.24, 2.45) is 0 Å². The number of nitrogens with zero attached hydrogens (tertiary/aromatic N) is 3. The molecule has 2 heterocycles. The number of hydrogen-bond acceptors (Lipinski definition) is 3. The first-order valence-electron chi connectivity index (χ1n) is 14.3. The molecule has 0 saturated heterocycles. The van der Waals surface area contributed by atoms with E-state index in [0.717, 1.165) is 44.7 Å². The molecule has 0 N–H and O–H groups in total. The van der Waals surface area contributed by atoms with Crippen molar-refractivity contribution in [3.05, 3.63) is 152 Å². The zero-order valence-electron chi connectivity index (χ0n) is 23.2. The van der Waals surface area contributed by atoms with Crippen LogP contribution in [0.25, 0.3) is 75.7 Å². The number of benzene rings is 6. The minimum absolute atomic E-state index is 0.131. The van der Waals surface area contributed by atoms with Gasteiger partial charge in [-0.15, -0.1) is 0 Å². The van der Waals surface area contributed by atoms with Crippen LogP contribution < -0.4 is 0 Å². The van der Waals surface area contributed by atoms with E-state index in [4.69, 9.17) is 15.0 Å². The average Bonchev–Trinajstić information content (AvgIpc) is 3.54. The second-order valence-corrected chi connectivity index (χ2v) is 12.6. The second kappa shape index (κ2) is 10.9. The van der Waals surface area contributed by atoms with Crippen LogP contribution in [0.3, 0.4) is 0 Å². The van der Waals surface area contributed by atoms with E-state index < -0.39 is 0 Å². The first kappa shape index (κ1) is 25.6. The average molecular weight is 615 g/mol. The maximum atomic E-state index is 5.12. The Morgan fingerprint density at radius 1 is 0.419 bits per heavy atom. The molecule has 8 rings (SSSR count). The molecule has 0 spiro atoms. The standard InChI is InChI=1S/C39H25N3Se/c1-4-12-27(13-5-1)35-25-36(28-14-6-2-7-15-28)41-38(40-35)32-19-11-10-18-31(32)30-21-20-26-22-23-34-37(33(26)24-30)43-39(42-34)29-16-8-3-9-17-29/h1-25H. The summed E-state index contributed by atoms with van der Waals surface area (Å²) in [7, 11) is 0. The van der Waals surface area contributed by atoms with E-state index in [1.54, 1.807) is 0 Å². The van der Waals surface area contributed by atoms with E-state index in [1.165, 1.54) is 25.2 Å². The summed E-state index contributed by atoms with van der Waals surface area (Å²) in [5, 5.41) is 2.50. The van der Waals surface area contributed by atoms with Crippen LogP contribution in [-0.4, -0.2) is 29.5 Å². The zero-order valence-corrected chi connectivity index (χ0v) is 24.9. The van der Waals surface area contributed by atoms with Crippen LogP contribution in [0.5, 0.6) is 0 Å². The molecular weight excluding hydrogens is 589 g/mol. The predicted octanol–water partition coefficient (Wildman–Crippen LogP) is 9.57. The molecule has 0 fully saturated rings. The van der Waals surface area contributed by atoms with Crippen LogP contribution in [0.2, 0.25) is 0 Å². The van der Waals surface area contributed by atoms with Crippen LogP contribution >= 0.6 is 0 Å². The molecule has 0 bridgehead atoms. The number of hydrogen-bond donors (Lipinski definition) is 0. The molecule has 3 nitrogen and oxygen atoms in total. The normalized spacial score (nSPS) is 11.3. The van der Waals surface area contributed by atoms with Gasteiger partial charge in [0, 0.05) is 0 Å². The van der Waals surface area contributed by atoms with Crippen molar-refractivity contribution in [2.75, 3.05) is 0 Å². The van der Waals surface area contributed by atoms with Crippen molar-refractivity contribution in [2.45, 2.75) is 0 Å². The van der Waals surface area contributed by atoms with Crippen molar-refractivity contribution in [1.82, 2.24) is 15.0 Å². The molecule has 4 heteroatoms. The first-order chi connectivity index (χ1) is 21.3. The third kappa shape index (κ3) is 4.87. The van der Waals surface area contributed by atoms with E-state index in [1.807, 2.05) is 12.1 Å². The van der Waals surface area contributed by atoms with E-state index in [-0.39, 0.29) is 14.5 Å². The van der Waals surface area contributed by atoms with Gasteiger partial charge in [-0.3, -0.25) is 0 Å². The maximum absolute atomic E-state index is 5.12. The third-order valence-corrected chi connectivity index (χ3v) is 10.2. The van der Waals surface area contributed by atoms with Gasteiger partial charge in [0.05, 0.1) is 0 Å². The fourth-order valence-electron chi connectivity index (χ4n) is 5.59. The summed E-state index contributed by atoms with van der Waals surface area (Å²) in [5.41, 5.74) is 9.51. The van der Waals surface area contributed by atoms with Crippen molar-refractivity contribution in [3.63, 3.8) is 0 Å². The van der Waals surface area contributed by atoms with Crippen LogP contribution in [0.1, 0.15) is 0 Å². The van der Waals surface area contributed by atoms with Crippen LogP contribution in [0, 0.1) is 0 Å². The Labute approximate surface area is 255 Å². The van der Waals surface area contributed by atoms with E-state index in [9.17, 15) is 0 Å². The molecule has 0 aliphatic carbocycles. The molecular formula is C39H25N3Se. The Morgan fingerprint density at radius 3 is 1.63 bits per heavy atom. The Morgan fingerprint density at radius 2 is 0.977 bits per heavy atom. The van der Waals surface area contributed by atoms with Crippen molar-refractivity contribution in [1.29, 1.82) is 0 Å². The molecule has 0 atom stereocenters. The van der Waals surface area contributed by atoms with Gasteiger partial charge >= 0.3 is 245 Å². The van der Waals surface area contributed by atoms with Crippen molar-refractivity contribution >= 4 is 35.1 Å². The van der Waals surface area contributed by atoms with Gasteiger partial charge in [0.1, 0.15) is 0 Å². The Bertz CT molecular complexity index is 2170. The van der Waals surface area contributed by atoms with Gasteiger partial charge in [-0.1, -0.05) is 12.1 Å². The molecule has 43 heavy (non-hydrogen) atoms. The van der Waals surface area contributed by atoms with Crippen LogP contribution in [-0.2, 0) is 0 Å². The Balaban J connectivity index is 1.30. The van der Waals surface area contributed by atoms with E-state index in [2.05, 4.69) is 140 Å². The predicted molar refractivity (Wildman–Crippen MR) is 179 cm³/mol. The Hall–Kier alpha value is -5.15. The van der Waals surface area contributed by atoms with Crippen molar-refractivity contribution < 1.29 is 0 Å². The van der Waals surface area contributed by atoms with Gasteiger partial charge in [0.25, 0.3) is 0 Å². The summed E-state index contributed by atoms with van der Waals surface area (Å²) in [6, 6.07) is 52.9. The fraction of sp³-hybridized carbons (Fsp3) is 0. The second-order valence-electron chi connectivity index (χ2n) is 10.5. The minimum atomic E-state index is 0.131. The van der Waals surface area contributed by atoms with Gasteiger partial charge < -0.3 is 0 Å². The Kier molecular flexibility index (Phi) is 6.49. The SMILES string of the molecule is c1ccc(-c2cc(-c3ccccc3)nc(-c3ccccc3-c3ccc4ccc5nc(-c6ccccc6)[se]c5c4c3)n2)cc1. The molecule has 0 amide bonds. The van der Waals surface area contributed by atoms with Gasteiger partial charge in [-0.05, 0) is 0 Å². The monoisotopic (exact) mass is 615 g/mol. The number of rotatable bonds is 5. The molecule has 2 aromatic heterocycles. The first-order valence-corrected chi connectivity index (χ1v) is 16.0. The van der Waals surface area contributed by atoms with Crippen LogP contribution in [0.4, 0.5) is 0 Å². The quantitative estimate of drug-likeness (QED) is 0.181. The molecule has 202 valence electrons. The topological polar surface area (TPSA) is 38.7 Å². The fourth-order valence-corrected chi connectivity index (χ4v) is 7.89. The van der Waals surface area contributed by atoms with Gasteiger partial charge in [-0.25, -0.2) is 0 Å². The summed E-state index contributed by atoms with van der Waals surface area (Å²) in [6.07, 6.45) is 0. The number of aromatic nitrogens is 3. The van der Waals surface area contributed by atoms with E-state index in [0.29, 0.717) is 5.82 Å². The molecule has 0 radical (unpaired) electrons. The molecule has 0 saturated carbocycles. The van der Waals surface area contributed by atoms with Crippen LogP contribution in [0.15, 0.2) is 152 Å². The van der Waals surface area contributed by atoms with Gasteiger partial charge in [-0.2, -0.15) is 0 Å². The number of fused-ring (bicyclic) bond motifs is 3. The summed E-state index contributed by atoms with van der Waals surface area (Å²) in [4.78, 5) is 15.3. The van der Waals surface area contributed by atoms with E-state index >= 15 is 0 Å². The summed E-state index contributed by atoms with van der Waals surface area (Å²) in [6.45, 7) is 0. The zero-order chi connectivity index (χ0) is 28.6. The molecule has 0 aliphatic heterocycles. The van der Waals surface area contributed by atoms with Crippen molar-refractivity contribution in [3.8, 4) is 55.2 Å². The molecule has 0 aliphatic rings. The molecule has 6 aromatic carbocycles. The summed E-state index contributed by atoms with van der Waals surface area (Å²) < 4.78 is 2.53. The van der Waals surface area contributed by atoms with Gasteiger partial charge in [0.15, 0.2) is 0 Å².